The number of amides is 2. The zero-order valence-electron chi connectivity index (χ0n) is 19.1. The van der Waals surface area contributed by atoms with Crippen LogP contribution < -0.4 is 20.7 Å². The number of fused-ring (bicyclic) bond motifs is 1. The number of benzene rings is 2. The van der Waals surface area contributed by atoms with Crippen molar-refractivity contribution in [3.05, 3.63) is 51.5 Å². The molecule has 184 valence electrons. The highest BCUT2D eigenvalue weighted by atomic mass is 35.5. The van der Waals surface area contributed by atoms with Crippen LogP contribution >= 0.6 is 23.2 Å². The van der Waals surface area contributed by atoms with Crippen LogP contribution in [0.2, 0.25) is 10.0 Å². The number of likely N-dealkylation sites (N-methyl/N-ethyl adjacent to an activating group) is 1. The molecule has 8 nitrogen and oxygen atoms in total. The van der Waals surface area contributed by atoms with Crippen LogP contribution in [0.5, 0.6) is 11.5 Å². The van der Waals surface area contributed by atoms with Gasteiger partial charge in [-0.1, -0.05) is 35.3 Å². The number of rotatable bonds is 12. The Bertz CT molecular complexity index is 1020. The Morgan fingerprint density at radius 3 is 2.65 bits per heavy atom. The van der Waals surface area contributed by atoms with Crippen LogP contribution in [-0.2, 0) is 22.4 Å². The summed E-state index contributed by atoms with van der Waals surface area (Å²) < 4.78 is 5.49. The third-order valence-electron chi connectivity index (χ3n) is 5.54. The number of hydrogen-bond acceptors (Lipinski definition) is 6. The van der Waals surface area contributed by atoms with E-state index in [0.717, 1.165) is 24.1 Å². The molecule has 0 aliphatic carbocycles. The van der Waals surface area contributed by atoms with Crippen molar-refractivity contribution in [3.8, 4) is 11.5 Å². The lowest BCUT2D eigenvalue weighted by molar-refractivity contribution is -0.129. The molecule has 0 fully saturated rings. The summed E-state index contributed by atoms with van der Waals surface area (Å²) in [4.78, 5) is 25.5. The van der Waals surface area contributed by atoms with Crippen LogP contribution in [0.4, 0.5) is 5.69 Å². The smallest absolute Gasteiger partial charge is 0.262 e. The normalized spacial score (nSPS) is 12.6. The van der Waals surface area contributed by atoms with E-state index in [1.807, 2.05) is 12.1 Å². The number of hydrogen-bond donors (Lipinski definition) is 4. The fraction of sp³-hybridized carbons (Fsp3) is 0.417. The first-order chi connectivity index (χ1) is 16.3. The van der Waals surface area contributed by atoms with E-state index in [-0.39, 0.29) is 24.2 Å². The molecule has 0 bridgehead atoms. The quantitative estimate of drug-likeness (QED) is 0.259. The number of ether oxygens (including phenoxy) is 1. The molecule has 3 rings (SSSR count). The number of carbonyl (C=O) groups is 2. The molecule has 2 aromatic carbocycles. The van der Waals surface area contributed by atoms with Gasteiger partial charge < -0.3 is 30.7 Å². The van der Waals surface area contributed by atoms with Crippen molar-refractivity contribution in [2.24, 2.45) is 0 Å². The number of phenolic OH excluding ortho intramolecular Hbond substituents is 1. The highest BCUT2D eigenvalue weighted by Crippen LogP contribution is 2.39. The summed E-state index contributed by atoms with van der Waals surface area (Å²) in [6.07, 6.45) is 1.91. The van der Waals surface area contributed by atoms with E-state index < -0.39 is 0 Å². The number of nitrogens with zero attached hydrogens (tertiary/aromatic N) is 1. The topological polar surface area (TPSA) is 103 Å². The Morgan fingerprint density at radius 2 is 1.85 bits per heavy atom. The lowest BCUT2D eigenvalue weighted by atomic mass is 10.1. The summed E-state index contributed by atoms with van der Waals surface area (Å²) in [6, 6.07) is 8.94. The van der Waals surface area contributed by atoms with E-state index in [9.17, 15) is 14.7 Å². The van der Waals surface area contributed by atoms with Crippen LogP contribution in [0, 0.1) is 0 Å². The molecular weight excluding hydrogens is 479 g/mol. The maximum Gasteiger partial charge on any atom is 0.262 e. The summed E-state index contributed by atoms with van der Waals surface area (Å²) in [5, 5.41) is 20.3. The fourth-order valence-corrected chi connectivity index (χ4v) is 3.89. The molecule has 0 aromatic heterocycles. The van der Waals surface area contributed by atoms with Gasteiger partial charge in [-0.05, 0) is 55.3 Å². The van der Waals surface area contributed by atoms with Gasteiger partial charge >= 0.3 is 0 Å². The Kier molecular flexibility index (Phi) is 9.83. The van der Waals surface area contributed by atoms with E-state index in [1.54, 1.807) is 30.1 Å². The van der Waals surface area contributed by atoms with Crippen molar-refractivity contribution in [3.63, 3.8) is 0 Å². The van der Waals surface area contributed by atoms with Crippen LogP contribution in [0.3, 0.4) is 0 Å². The number of halogens is 2. The van der Waals surface area contributed by atoms with Crippen molar-refractivity contribution in [1.82, 2.24) is 15.5 Å². The molecule has 0 atom stereocenters. The third-order valence-corrected chi connectivity index (χ3v) is 6.28. The van der Waals surface area contributed by atoms with Gasteiger partial charge in [0.25, 0.3) is 5.91 Å². The SMILES string of the molecule is CN(CCNCCc1ccc(O)c2c1OCC(=O)N2)C(=O)CCNCCc1ccc(Cl)c(Cl)c1. The molecule has 1 aliphatic rings. The van der Waals surface area contributed by atoms with E-state index in [4.69, 9.17) is 27.9 Å². The molecule has 34 heavy (non-hydrogen) atoms. The van der Waals surface area contributed by atoms with Gasteiger partial charge in [-0.25, -0.2) is 0 Å². The Labute approximate surface area is 209 Å². The molecule has 1 aliphatic heterocycles. The van der Waals surface area contributed by atoms with Crippen LogP contribution in [0.25, 0.3) is 0 Å². The van der Waals surface area contributed by atoms with E-state index >= 15 is 0 Å². The molecule has 2 amide bonds. The first kappa shape index (κ1) is 26.1. The Hall–Kier alpha value is -2.52. The third kappa shape index (κ3) is 7.50. The first-order valence-corrected chi connectivity index (χ1v) is 12.0. The highest BCUT2D eigenvalue weighted by Gasteiger charge is 2.22. The van der Waals surface area contributed by atoms with Gasteiger partial charge in [-0.15, -0.1) is 0 Å². The minimum Gasteiger partial charge on any atom is -0.506 e. The second-order valence-corrected chi connectivity index (χ2v) is 8.91. The van der Waals surface area contributed by atoms with Gasteiger partial charge in [0.15, 0.2) is 12.4 Å². The second-order valence-electron chi connectivity index (χ2n) is 8.10. The summed E-state index contributed by atoms with van der Waals surface area (Å²) in [5.41, 5.74) is 2.32. The van der Waals surface area contributed by atoms with Crippen LogP contribution in [-0.4, -0.2) is 68.2 Å². The van der Waals surface area contributed by atoms with Crippen molar-refractivity contribution in [2.75, 3.05) is 51.7 Å². The van der Waals surface area contributed by atoms with Gasteiger partial charge in [0, 0.05) is 33.1 Å². The van der Waals surface area contributed by atoms with Gasteiger partial charge in [0.1, 0.15) is 11.4 Å². The molecule has 0 saturated heterocycles. The lowest BCUT2D eigenvalue weighted by Gasteiger charge is -2.22. The number of anilines is 1. The van der Waals surface area contributed by atoms with Crippen molar-refractivity contribution in [1.29, 1.82) is 0 Å². The molecule has 4 N–H and O–H groups in total. The van der Waals surface area contributed by atoms with Crippen molar-refractivity contribution >= 4 is 40.7 Å². The van der Waals surface area contributed by atoms with Gasteiger partial charge in [-0.2, -0.15) is 0 Å². The average Bonchev–Trinajstić information content (AvgIpc) is 2.82. The number of aromatic hydroxyl groups is 1. The first-order valence-electron chi connectivity index (χ1n) is 11.2. The van der Waals surface area contributed by atoms with Crippen LogP contribution in [0.1, 0.15) is 17.5 Å². The van der Waals surface area contributed by atoms with Gasteiger partial charge in [-0.3, -0.25) is 9.59 Å². The molecule has 0 spiro atoms. The second kappa shape index (κ2) is 12.8. The van der Waals surface area contributed by atoms with E-state index in [1.165, 1.54) is 0 Å². The predicted octanol–water partition coefficient (Wildman–Crippen LogP) is 2.84. The molecule has 0 radical (unpaired) electrons. The monoisotopic (exact) mass is 508 g/mol. The number of carbonyl (C=O) groups excluding carboxylic acids is 2. The van der Waals surface area contributed by atoms with E-state index in [2.05, 4.69) is 16.0 Å². The number of nitrogens with one attached hydrogen (secondary N) is 3. The summed E-state index contributed by atoms with van der Waals surface area (Å²) >= 11 is 12.0. The number of phenols is 1. The molecule has 1 heterocycles. The zero-order valence-corrected chi connectivity index (χ0v) is 20.6. The fourth-order valence-electron chi connectivity index (χ4n) is 3.57. The molecular formula is C24H30Cl2N4O4. The zero-order chi connectivity index (χ0) is 24.5. The van der Waals surface area contributed by atoms with Gasteiger partial charge in [0.2, 0.25) is 5.91 Å². The van der Waals surface area contributed by atoms with E-state index in [0.29, 0.717) is 60.5 Å². The largest absolute Gasteiger partial charge is 0.506 e. The maximum absolute atomic E-state index is 12.3. The van der Waals surface area contributed by atoms with Gasteiger partial charge in [0.05, 0.1) is 10.0 Å². The molecule has 0 unspecified atom stereocenters. The van der Waals surface area contributed by atoms with Crippen molar-refractivity contribution in [2.45, 2.75) is 19.3 Å². The molecule has 2 aromatic rings. The Morgan fingerprint density at radius 1 is 1.09 bits per heavy atom. The minimum atomic E-state index is -0.285. The summed E-state index contributed by atoms with van der Waals surface area (Å²) in [5.74, 6) is 0.303. The molecule has 0 saturated carbocycles. The molecule has 10 heteroatoms. The summed E-state index contributed by atoms with van der Waals surface area (Å²) in [6.45, 7) is 3.24. The summed E-state index contributed by atoms with van der Waals surface area (Å²) in [7, 11) is 1.80. The standard InChI is InChI=1S/C24H30Cl2N4O4/c1-30(22(33)8-11-27-9-6-16-2-4-18(25)19(26)14-16)13-12-28-10-7-17-3-5-20(31)23-24(17)34-15-21(32)29-23/h2-5,14,27-28,31H,6-13,15H2,1H3,(H,29,32). The Balaban J connectivity index is 1.28. The maximum atomic E-state index is 12.3. The average molecular weight is 509 g/mol. The lowest BCUT2D eigenvalue weighted by Crippen LogP contribution is -2.36. The minimum absolute atomic E-state index is 0.0104. The predicted molar refractivity (Wildman–Crippen MR) is 134 cm³/mol. The highest BCUT2D eigenvalue weighted by molar-refractivity contribution is 6.42. The van der Waals surface area contributed by atoms with Crippen LogP contribution in [0.15, 0.2) is 30.3 Å². The van der Waals surface area contributed by atoms with Crippen molar-refractivity contribution < 1.29 is 19.4 Å².